The molecule has 27 heavy (non-hydrogen) atoms. The van der Waals surface area contributed by atoms with E-state index in [2.05, 4.69) is 10.2 Å². The number of amides is 2. The van der Waals surface area contributed by atoms with E-state index in [1.54, 1.807) is 17.0 Å². The highest BCUT2D eigenvalue weighted by atomic mass is 35.5. The summed E-state index contributed by atoms with van der Waals surface area (Å²) in [6, 6.07) is 4.63. The van der Waals surface area contributed by atoms with E-state index >= 15 is 0 Å². The number of urea groups is 1. The zero-order valence-corrected chi connectivity index (χ0v) is 15.9. The average Bonchev–Trinajstić information content (AvgIpc) is 2.66. The first-order valence-corrected chi connectivity index (χ1v) is 9.75. The van der Waals surface area contributed by atoms with E-state index in [1.165, 1.54) is 6.07 Å². The van der Waals surface area contributed by atoms with Crippen LogP contribution in [0.4, 0.5) is 9.18 Å². The van der Waals surface area contributed by atoms with Gasteiger partial charge in [0.05, 0.1) is 5.92 Å². The van der Waals surface area contributed by atoms with E-state index in [0.717, 1.165) is 0 Å². The number of carbonyl (C=O) groups excluding carboxylic acids is 1. The quantitative estimate of drug-likeness (QED) is 0.819. The summed E-state index contributed by atoms with van der Waals surface area (Å²) in [6.07, 6.45) is 2.62. The SMILES string of the molecule is O=C(O)C1CCC(NC(=O)N2CCN(Cc3c(F)cccc3Cl)CC2)CC1. The largest absolute Gasteiger partial charge is 0.481 e. The van der Waals surface area contributed by atoms with Crippen molar-refractivity contribution in [3.8, 4) is 0 Å². The maximum atomic E-state index is 13.9. The van der Waals surface area contributed by atoms with Gasteiger partial charge >= 0.3 is 12.0 Å². The van der Waals surface area contributed by atoms with Crippen LogP contribution in [0.2, 0.25) is 5.02 Å². The predicted octanol–water partition coefficient (Wildman–Crippen LogP) is 2.95. The molecule has 2 N–H and O–H groups in total. The minimum atomic E-state index is -0.745. The number of piperazine rings is 1. The molecule has 8 heteroatoms. The lowest BCUT2D eigenvalue weighted by molar-refractivity contribution is -0.142. The van der Waals surface area contributed by atoms with Gasteiger partial charge in [-0.1, -0.05) is 17.7 Å². The van der Waals surface area contributed by atoms with E-state index in [4.69, 9.17) is 16.7 Å². The van der Waals surface area contributed by atoms with Gasteiger partial charge in [0.25, 0.3) is 0 Å². The van der Waals surface area contributed by atoms with Gasteiger partial charge in [-0.3, -0.25) is 9.69 Å². The summed E-state index contributed by atoms with van der Waals surface area (Å²) >= 11 is 6.09. The number of carboxylic acids is 1. The van der Waals surface area contributed by atoms with Crippen LogP contribution in [0.1, 0.15) is 31.2 Å². The van der Waals surface area contributed by atoms with E-state index in [9.17, 15) is 14.0 Å². The van der Waals surface area contributed by atoms with Crippen molar-refractivity contribution in [2.75, 3.05) is 26.2 Å². The summed E-state index contributed by atoms with van der Waals surface area (Å²) in [5.74, 6) is -1.34. The van der Waals surface area contributed by atoms with Crippen LogP contribution in [0.3, 0.4) is 0 Å². The number of hydrogen-bond acceptors (Lipinski definition) is 3. The molecule has 3 rings (SSSR count). The Labute approximate surface area is 163 Å². The molecule has 1 aromatic carbocycles. The van der Waals surface area contributed by atoms with Crippen molar-refractivity contribution in [1.82, 2.24) is 15.1 Å². The molecular formula is C19H25ClFN3O3. The Kier molecular flexibility index (Phi) is 6.55. The summed E-state index contributed by atoms with van der Waals surface area (Å²) in [7, 11) is 0. The number of nitrogens with zero attached hydrogens (tertiary/aromatic N) is 2. The predicted molar refractivity (Wildman–Crippen MR) is 100 cm³/mol. The topological polar surface area (TPSA) is 72.9 Å². The third-order valence-corrected chi connectivity index (χ3v) is 5.86. The van der Waals surface area contributed by atoms with Crippen molar-refractivity contribution in [3.63, 3.8) is 0 Å². The lowest BCUT2D eigenvalue weighted by atomic mass is 9.86. The van der Waals surface area contributed by atoms with Gasteiger partial charge in [0, 0.05) is 49.4 Å². The molecule has 1 heterocycles. The lowest BCUT2D eigenvalue weighted by Crippen LogP contribution is -2.53. The van der Waals surface area contributed by atoms with E-state index < -0.39 is 5.97 Å². The van der Waals surface area contributed by atoms with Crippen LogP contribution in [0, 0.1) is 11.7 Å². The zero-order chi connectivity index (χ0) is 19.4. The highest BCUT2D eigenvalue weighted by molar-refractivity contribution is 6.31. The fourth-order valence-electron chi connectivity index (χ4n) is 3.77. The van der Waals surface area contributed by atoms with Crippen molar-refractivity contribution in [2.45, 2.75) is 38.3 Å². The second-order valence-electron chi connectivity index (χ2n) is 7.30. The molecule has 0 radical (unpaired) electrons. The van der Waals surface area contributed by atoms with E-state index in [1.807, 2.05) is 0 Å². The second-order valence-corrected chi connectivity index (χ2v) is 7.71. The first-order chi connectivity index (χ1) is 12.9. The molecule has 1 saturated carbocycles. The standard InChI is InChI=1S/C19H25ClFN3O3/c20-16-2-1-3-17(21)15(16)12-23-8-10-24(11-9-23)19(27)22-14-6-4-13(5-7-14)18(25)26/h1-3,13-14H,4-12H2,(H,22,27)(H,25,26). The van der Waals surface area contributed by atoms with Gasteiger partial charge in [-0.05, 0) is 37.8 Å². The first kappa shape index (κ1) is 19.9. The van der Waals surface area contributed by atoms with Crippen molar-refractivity contribution >= 4 is 23.6 Å². The number of aliphatic carboxylic acids is 1. The molecule has 1 aliphatic carbocycles. The Hall–Kier alpha value is -1.86. The summed E-state index contributed by atoms with van der Waals surface area (Å²) in [5.41, 5.74) is 0.493. The van der Waals surface area contributed by atoms with Crippen LogP contribution in [0.5, 0.6) is 0 Å². The summed E-state index contributed by atoms with van der Waals surface area (Å²) in [6.45, 7) is 2.89. The van der Waals surface area contributed by atoms with Crippen molar-refractivity contribution in [3.05, 3.63) is 34.6 Å². The van der Waals surface area contributed by atoms with Crippen molar-refractivity contribution in [1.29, 1.82) is 0 Å². The van der Waals surface area contributed by atoms with Crippen molar-refractivity contribution < 1.29 is 19.1 Å². The Morgan fingerprint density at radius 1 is 1.15 bits per heavy atom. The Bertz CT molecular complexity index is 667. The van der Waals surface area contributed by atoms with Crippen molar-refractivity contribution in [2.24, 2.45) is 5.92 Å². The summed E-state index contributed by atoms with van der Waals surface area (Å²) in [4.78, 5) is 27.3. The maximum Gasteiger partial charge on any atom is 0.317 e. The van der Waals surface area contributed by atoms with Crippen LogP contribution < -0.4 is 5.32 Å². The number of benzene rings is 1. The monoisotopic (exact) mass is 397 g/mol. The van der Waals surface area contributed by atoms with Gasteiger partial charge in [-0.2, -0.15) is 0 Å². The maximum absolute atomic E-state index is 13.9. The molecule has 6 nitrogen and oxygen atoms in total. The Balaban J connectivity index is 1.44. The molecule has 1 aromatic rings. The molecule has 1 saturated heterocycles. The molecule has 0 spiro atoms. The number of carbonyl (C=O) groups is 2. The smallest absolute Gasteiger partial charge is 0.317 e. The summed E-state index contributed by atoms with van der Waals surface area (Å²) in [5, 5.41) is 12.5. The fraction of sp³-hybridized carbons (Fsp3) is 0.579. The highest BCUT2D eigenvalue weighted by Gasteiger charge is 2.29. The fourth-order valence-corrected chi connectivity index (χ4v) is 3.99. The Morgan fingerprint density at radius 2 is 1.81 bits per heavy atom. The highest BCUT2D eigenvalue weighted by Crippen LogP contribution is 2.25. The van der Waals surface area contributed by atoms with Gasteiger partial charge < -0.3 is 15.3 Å². The normalized spacial score (nSPS) is 23.9. The Morgan fingerprint density at radius 3 is 2.41 bits per heavy atom. The average molecular weight is 398 g/mol. The van der Waals surface area contributed by atoms with Gasteiger partial charge in [0.1, 0.15) is 5.82 Å². The number of hydrogen-bond donors (Lipinski definition) is 2. The minimum Gasteiger partial charge on any atom is -0.481 e. The minimum absolute atomic E-state index is 0.0448. The molecule has 148 valence electrons. The van der Waals surface area contributed by atoms with Gasteiger partial charge in [0.15, 0.2) is 0 Å². The number of nitrogens with one attached hydrogen (secondary N) is 1. The molecule has 2 aliphatic rings. The van der Waals surface area contributed by atoms with Crippen LogP contribution in [-0.2, 0) is 11.3 Å². The van der Waals surface area contributed by atoms with Gasteiger partial charge in [0.2, 0.25) is 0 Å². The van der Waals surface area contributed by atoms with Crippen LogP contribution in [0.25, 0.3) is 0 Å². The molecule has 0 atom stereocenters. The van der Waals surface area contributed by atoms with E-state index in [-0.39, 0.29) is 23.8 Å². The van der Waals surface area contributed by atoms with Crippen LogP contribution >= 0.6 is 11.6 Å². The van der Waals surface area contributed by atoms with Gasteiger partial charge in [-0.25, -0.2) is 9.18 Å². The van der Waals surface area contributed by atoms with E-state index in [0.29, 0.717) is 69.0 Å². The molecule has 0 aromatic heterocycles. The molecule has 2 fully saturated rings. The van der Waals surface area contributed by atoms with Crippen LogP contribution in [0.15, 0.2) is 18.2 Å². The third-order valence-electron chi connectivity index (χ3n) is 5.51. The molecule has 1 aliphatic heterocycles. The number of rotatable bonds is 4. The number of halogens is 2. The number of carboxylic acid groups (broad SMARTS) is 1. The van der Waals surface area contributed by atoms with Gasteiger partial charge in [-0.15, -0.1) is 0 Å². The molecule has 0 unspecified atom stereocenters. The molecular weight excluding hydrogens is 373 g/mol. The second kappa shape index (κ2) is 8.89. The van der Waals surface area contributed by atoms with Crippen LogP contribution in [-0.4, -0.2) is 59.1 Å². The summed E-state index contributed by atoms with van der Waals surface area (Å²) < 4.78 is 13.9. The zero-order valence-electron chi connectivity index (χ0n) is 15.2. The molecule has 0 bridgehead atoms. The third kappa shape index (κ3) is 5.11. The first-order valence-electron chi connectivity index (χ1n) is 9.37. The lowest BCUT2D eigenvalue weighted by Gasteiger charge is -2.36. The molecule has 2 amide bonds.